The van der Waals surface area contributed by atoms with Crippen LogP contribution in [0.1, 0.15) is 27.3 Å². The van der Waals surface area contributed by atoms with Crippen LogP contribution in [0.25, 0.3) is 22.2 Å². The molecule has 0 aliphatic heterocycles. The first-order valence-corrected chi connectivity index (χ1v) is 13.1. The molecule has 10 heteroatoms. The van der Waals surface area contributed by atoms with Crippen molar-refractivity contribution >= 4 is 28.6 Å². The van der Waals surface area contributed by atoms with Gasteiger partial charge in [-0.3, -0.25) is 0 Å². The molecule has 210 valence electrons. The Kier molecular flexibility index (Phi) is 8.28. The second-order valence-electron chi connectivity index (χ2n) is 9.44. The molecule has 4 aromatic carbocycles. The van der Waals surface area contributed by atoms with Crippen molar-refractivity contribution in [2.75, 3.05) is 13.6 Å². The predicted molar refractivity (Wildman–Crippen MR) is 151 cm³/mol. The lowest BCUT2D eigenvalue weighted by Crippen LogP contribution is -2.17. The van der Waals surface area contributed by atoms with E-state index in [1.54, 1.807) is 24.3 Å². The van der Waals surface area contributed by atoms with E-state index in [0.29, 0.717) is 46.6 Å². The molecule has 0 atom stereocenters. The first-order valence-electron chi connectivity index (χ1n) is 12.8. The number of aromatic nitrogens is 2. The van der Waals surface area contributed by atoms with Gasteiger partial charge in [-0.2, -0.15) is 0 Å². The zero-order chi connectivity index (χ0) is 29.1. The minimum Gasteiger partial charge on any atom is -0.486 e. The van der Waals surface area contributed by atoms with Gasteiger partial charge in [-0.05, 0) is 72.3 Å². The SMILES string of the molecule is CNCCn1c(Cc2ccc(-c3ccc(F)c(OCc4ccc(Cl)cc4F)c3)cc2F)nc2ccc(C(=O)O)cc21. The fourth-order valence-electron chi connectivity index (χ4n) is 4.54. The number of imidazole rings is 1. The number of carboxylic acids is 1. The number of nitrogens with one attached hydrogen (secondary N) is 1. The maximum Gasteiger partial charge on any atom is 0.335 e. The molecule has 0 radical (unpaired) electrons. The van der Waals surface area contributed by atoms with Crippen LogP contribution in [0.15, 0.2) is 72.8 Å². The standard InChI is InChI=1S/C31H25ClF3N3O3/c1-36-10-11-38-28-13-21(31(39)40)6-9-27(28)37-30(38)15-20-3-2-18(12-25(20)34)19-5-8-24(33)29(14-19)41-17-22-4-7-23(32)16-26(22)35/h2-9,12-14,16,36H,10-11,15,17H2,1H3,(H,39,40). The molecule has 0 aliphatic rings. The van der Waals surface area contributed by atoms with Crippen LogP contribution < -0.4 is 10.1 Å². The van der Waals surface area contributed by atoms with Crippen LogP contribution in [0.4, 0.5) is 13.2 Å². The average molecular weight is 580 g/mol. The topological polar surface area (TPSA) is 76.4 Å². The molecular formula is C31H25ClF3N3O3. The number of halogens is 4. The summed E-state index contributed by atoms with van der Waals surface area (Å²) >= 11 is 5.78. The zero-order valence-electron chi connectivity index (χ0n) is 21.9. The van der Waals surface area contributed by atoms with Gasteiger partial charge in [0.25, 0.3) is 0 Å². The molecule has 5 aromatic rings. The molecule has 6 nitrogen and oxygen atoms in total. The van der Waals surface area contributed by atoms with E-state index < -0.39 is 23.4 Å². The fraction of sp³-hybridized carbons (Fsp3) is 0.161. The number of carbonyl (C=O) groups is 1. The molecule has 0 fully saturated rings. The highest BCUT2D eigenvalue weighted by molar-refractivity contribution is 6.30. The van der Waals surface area contributed by atoms with Crippen molar-refractivity contribution in [3.05, 3.63) is 118 Å². The lowest BCUT2D eigenvalue weighted by atomic mass is 10.0. The molecule has 1 aromatic heterocycles. The van der Waals surface area contributed by atoms with Gasteiger partial charge in [-0.25, -0.2) is 22.9 Å². The van der Waals surface area contributed by atoms with Crippen LogP contribution in [-0.4, -0.2) is 34.2 Å². The molecule has 0 spiro atoms. The predicted octanol–water partition coefficient (Wildman–Crippen LogP) is 6.86. The molecular weight excluding hydrogens is 555 g/mol. The number of fused-ring (bicyclic) bond motifs is 1. The fourth-order valence-corrected chi connectivity index (χ4v) is 4.70. The Hall–Kier alpha value is -4.34. The summed E-state index contributed by atoms with van der Waals surface area (Å²) in [5.74, 6) is -2.21. The Labute approximate surface area is 239 Å². The number of benzene rings is 4. The Morgan fingerprint density at radius 2 is 1.66 bits per heavy atom. The number of nitrogens with zero attached hydrogens (tertiary/aromatic N) is 2. The lowest BCUT2D eigenvalue weighted by molar-refractivity contribution is 0.0697. The lowest BCUT2D eigenvalue weighted by Gasteiger charge is -2.12. The molecule has 0 saturated heterocycles. The molecule has 0 saturated carbocycles. The molecule has 0 unspecified atom stereocenters. The van der Waals surface area contributed by atoms with Crippen LogP contribution in [0.3, 0.4) is 0 Å². The number of likely N-dealkylation sites (N-methyl/N-ethyl adjacent to an activating group) is 1. The maximum atomic E-state index is 15.4. The third-order valence-electron chi connectivity index (χ3n) is 6.72. The minimum absolute atomic E-state index is 0.0969. The van der Waals surface area contributed by atoms with Crippen molar-refractivity contribution in [3.8, 4) is 16.9 Å². The van der Waals surface area contributed by atoms with Crippen molar-refractivity contribution in [3.63, 3.8) is 0 Å². The normalized spacial score (nSPS) is 11.2. The summed E-state index contributed by atoms with van der Waals surface area (Å²) in [7, 11) is 1.81. The number of hydrogen-bond donors (Lipinski definition) is 2. The second kappa shape index (κ2) is 12.0. The molecule has 1 heterocycles. The number of ether oxygens (including phenoxy) is 1. The maximum absolute atomic E-state index is 15.4. The third-order valence-corrected chi connectivity index (χ3v) is 6.96. The number of rotatable bonds is 10. The first-order chi connectivity index (χ1) is 19.7. The summed E-state index contributed by atoms with van der Waals surface area (Å²) in [4.78, 5) is 16.1. The smallest absolute Gasteiger partial charge is 0.335 e. The molecule has 5 rings (SSSR count). The van der Waals surface area contributed by atoms with Gasteiger partial charge in [-0.1, -0.05) is 35.9 Å². The van der Waals surface area contributed by atoms with Gasteiger partial charge in [0.15, 0.2) is 11.6 Å². The Bertz CT molecular complexity index is 1760. The largest absolute Gasteiger partial charge is 0.486 e. The van der Waals surface area contributed by atoms with E-state index in [1.165, 1.54) is 42.5 Å². The summed E-state index contributed by atoms with van der Waals surface area (Å²) in [6, 6.07) is 17.7. The van der Waals surface area contributed by atoms with E-state index in [9.17, 15) is 18.7 Å². The van der Waals surface area contributed by atoms with Crippen LogP contribution in [0.2, 0.25) is 5.02 Å². The molecule has 41 heavy (non-hydrogen) atoms. The van der Waals surface area contributed by atoms with E-state index >= 15 is 4.39 Å². The summed E-state index contributed by atoms with van der Waals surface area (Å²) in [6.45, 7) is 0.916. The van der Waals surface area contributed by atoms with E-state index in [-0.39, 0.29) is 34.9 Å². The van der Waals surface area contributed by atoms with Crippen molar-refractivity contribution < 1.29 is 27.8 Å². The van der Waals surface area contributed by atoms with Gasteiger partial charge < -0.3 is 19.7 Å². The Morgan fingerprint density at radius 3 is 2.39 bits per heavy atom. The highest BCUT2D eigenvalue weighted by atomic mass is 35.5. The summed E-state index contributed by atoms with van der Waals surface area (Å²) < 4.78 is 51.4. The van der Waals surface area contributed by atoms with Crippen molar-refractivity contribution in [1.82, 2.24) is 14.9 Å². The van der Waals surface area contributed by atoms with Crippen LogP contribution in [0, 0.1) is 17.5 Å². The average Bonchev–Trinajstić information content (AvgIpc) is 3.29. The van der Waals surface area contributed by atoms with Crippen LogP contribution in [0.5, 0.6) is 5.75 Å². The molecule has 0 bridgehead atoms. The quantitative estimate of drug-likeness (QED) is 0.189. The van der Waals surface area contributed by atoms with Gasteiger partial charge in [0, 0.05) is 30.1 Å². The van der Waals surface area contributed by atoms with Gasteiger partial charge in [0.1, 0.15) is 24.1 Å². The Balaban J connectivity index is 1.40. The third kappa shape index (κ3) is 6.21. The van der Waals surface area contributed by atoms with Gasteiger partial charge >= 0.3 is 5.97 Å². The van der Waals surface area contributed by atoms with Gasteiger partial charge in [0.2, 0.25) is 0 Å². The number of hydrogen-bond acceptors (Lipinski definition) is 4. The monoisotopic (exact) mass is 579 g/mol. The van der Waals surface area contributed by atoms with Crippen molar-refractivity contribution in [2.24, 2.45) is 0 Å². The summed E-state index contributed by atoms with van der Waals surface area (Å²) in [5.41, 5.74) is 3.06. The zero-order valence-corrected chi connectivity index (χ0v) is 22.7. The Morgan fingerprint density at radius 1 is 0.927 bits per heavy atom. The van der Waals surface area contributed by atoms with E-state index in [4.69, 9.17) is 16.3 Å². The van der Waals surface area contributed by atoms with E-state index in [1.807, 2.05) is 11.6 Å². The number of aromatic carboxylic acids is 1. The highest BCUT2D eigenvalue weighted by Crippen LogP contribution is 2.30. The van der Waals surface area contributed by atoms with E-state index in [0.717, 1.165) is 6.07 Å². The molecule has 0 aliphatic carbocycles. The van der Waals surface area contributed by atoms with Crippen molar-refractivity contribution in [2.45, 2.75) is 19.6 Å². The van der Waals surface area contributed by atoms with Gasteiger partial charge in [-0.15, -0.1) is 0 Å². The first kappa shape index (κ1) is 28.2. The molecule has 2 N–H and O–H groups in total. The summed E-state index contributed by atoms with van der Waals surface area (Å²) in [6.07, 6.45) is 0.178. The van der Waals surface area contributed by atoms with E-state index in [2.05, 4.69) is 10.3 Å². The van der Waals surface area contributed by atoms with Gasteiger partial charge in [0.05, 0.1) is 16.6 Å². The second-order valence-corrected chi connectivity index (χ2v) is 9.88. The van der Waals surface area contributed by atoms with Crippen molar-refractivity contribution in [1.29, 1.82) is 0 Å². The van der Waals surface area contributed by atoms with Crippen LogP contribution >= 0.6 is 11.6 Å². The molecule has 0 amide bonds. The van der Waals surface area contributed by atoms with Crippen LogP contribution in [-0.2, 0) is 19.6 Å². The number of carboxylic acid groups (broad SMARTS) is 1. The summed E-state index contributed by atoms with van der Waals surface area (Å²) in [5, 5.41) is 12.7. The highest BCUT2D eigenvalue weighted by Gasteiger charge is 2.16. The minimum atomic E-state index is -1.04.